The molecule has 0 saturated heterocycles. The first-order valence-corrected chi connectivity index (χ1v) is 7.01. The number of benzene rings is 1. The maximum atomic E-state index is 9.94. The van der Waals surface area contributed by atoms with Crippen molar-refractivity contribution in [2.24, 2.45) is 5.92 Å². The Morgan fingerprint density at radius 2 is 1.79 bits per heavy atom. The predicted octanol–water partition coefficient (Wildman–Crippen LogP) is 3.05. The molecule has 0 radical (unpaired) electrons. The molecule has 0 aromatic heterocycles. The van der Waals surface area contributed by atoms with Gasteiger partial charge in [-0.2, -0.15) is 0 Å². The highest BCUT2D eigenvalue weighted by atomic mass is 16.5. The first-order chi connectivity index (χ1) is 9.08. The summed E-state index contributed by atoms with van der Waals surface area (Å²) in [5, 5.41) is 9.94. The Hall–Kier alpha value is -1.06. The van der Waals surface area contributed by atoms with Crippen LogP contribution in [0, 0.1) is 5.92 Å². The zero-order valence-electron chi connectivity index (χ0n) is 12.4. The van der Waals surface area contributed by atoms with E-state index in [4.69, 9.17) is 9.47 Å². The molecule has 3 atom stereocenters. The van der Waals surface area contributed by atoms with Gasteiger partial charge in [-0.15, -0.1) is 0 Å². The number of aliphatic hydroxyl groups is 1. The molecule has 0 amide bonds. The second kappa shape index (κ2) is 8.18. The molecule has 1 aromatic rings. The molecule has 0 spiro atoms. The second-order valence-corrected chi connectivity index (χ2v) is 5.03. The average Bonchev–Trinajstić information content (AvgIpc) is 2.42. The highest BCUT2D eigenvalue weighted by molar-refractivity contribution is 5.27. The van der Waals surface area contributed by atoms with Gasteiger partial charge < -0.3 is 14.6 Å². The van der Waals surface area contributed by atoms with Gasteiger partial charge in [0.25, 0.3) is 0 Å². The van der Waals surface area contributed by atoms with E-state index in [9.17, 15) is 5.11 Å². The van der Waals surface area contributed by atoms with Crippen molar-refractivity contribution in [2.75, 3.05) is 13.7 Å². The molecule has 108 valence electrons. The lowest BCUT2D eigenvalue weighted by Gasteiger charge is -2.27. The molecule has 0 aliphatic carbocycles. The Kier molecular flexibility index (Phi) is 6.89. The van der Waals surface area contributed by atoms with E-state index in [0.717, 1.165) is 25.2 Å². The summed E-state index contributed by atoms with van der Waals surface area (Å²) in [5.74, 6) is 0.965. The molecule has 0 heterocycles. The van der Waals surface area contributed by atoms with E-state index in [1.807, 2.05) is 38.1 Å². The Balaban J connectivity index is 2.66. The molecule has 19 heavy (non-hydrogen) atoms. The quantitative estimate of drug-likeness (QED) is 0.786. The summed E-state index contributed by atoms with van der Waals surface area (Å²) in [4.78, 5) is 0. The van der Waals surface area contributed by atoms with Gasteiger partial charge in [0, 0.05) is 12.5 Å². The number of methoxy groups -OCH3 is 1. The summed E-state index contributed by atoms with van der Waals surface area (Å²) in [6.07, 6.45) is 1.49. The normalized spacial score (nSPS) is 15.8. The molecule has 3 nitrogen and oxygen atoms in total. The van der Waals surface area contributed by atoms with Crippen molar-refractivity contribution in [2.45, 2.75) is 45.8 Å². The van der Waals surface area contributed by atoms with Crippen LogP contribution in [0.4, 0.5) is 0 Å². The zero-order valence-corrected chi connectivity index (χ0v) is 12.4. The van der Waals surface area contributed by atoms with Gasteiger partial charge in [-0.25, -0.2) is 0 Å². The Morgan fingerprint density at radius 3 is 2.26 bits per heavy atom. The van der Waals surface area contributed by atoms with Gasteiger partial charge in [0.2, 0.25) is 0 Å². The van der Waals surface area contributed by atoms with Gasteiger partial charge in [0.15, 0.2) is 0 Å². The smallest absolute Gasteiger partial charge is 0.118 e. The Labute approximate surface area is 116 Å². The zero-order chi connectivity index (χ0) is 14.3. The van der Waals surface area contributed by atoms with Crippen molar-refractivity contribution in [1.82, 2.24) is 0 Å². The highest BCUT2D eigenvalue weighted by Gasteiger charge is 2.23. The SMILES string of the molecule is CCCOC(C)[C@@H](Cc1ccc(OC)cc1)[C@H](C)O. The van der Waals surface area contributed by atoms with Crippen LogP contribution in [0.25, 0.3) is 0 Å². The maximum absolute atomic E-state index is 9.94. The largest absolute Gasteiger partial charge is 0.497 e. The van der Waals surface area contributed by atoms with Crippen LogP contribution < -0.4 is 4.74 Å². The monoisotopic (exact) mass is 266 g/mol. The third-order valence-corrected chi connectivity index (χ3v) is 3.44. The molecule has 3 heteroatoms. The van der Waals surface area contributed by atoms with Crippen molar-refractivity contribution < 1.29 is 14.6 Å². The van der Waals surface area contributed by atoms with E-state index in [0.29, 0.717) is 0 Å². The molecule has 1 N–H and O–H groups in total. The van der Waals surface area contributed by atoms with Gasteiger partial charge in [0.05, 0.1) is 19.3 Å². The van der Waals surface area contributed by atoms with E-state index in [2.05, 4.69) is 6.92 Å². The summed E-state index contributed by atoms with van der Waals surface area (Å²) in [7, 11) is 1.66. The van der Waals surface area contributed by atoms with E-state index < -0.39 is 0 Å². The van der Waals surface area contributed by atoms with Gasteiger partial charge in [-0.05, 0) is 44.4 Å². The Bertz CT molecular complexity index is 346. The van der Waals surface area contributed by atoms with Gasteiger partial charge >= 0.3 is 0 Å². The fourth-order valence-corrected chi connectivity index (χ4v) is 2.19. The van der Waals surface area contributed by atoms with E-state index in [1.54, 1.807) is 7.11 Å². The van der Waals surface area contributed by atoms with Crippen molar-refractivity contribution in [3.63, 3.8) is 0 Å². The fraction of sp³-hybridized carbons (Fsp3) is 0.625. The van der Waals surface area contributed by atoms with Crippen molar-refractivity contribution >= 4 is 0 Å². The van der Waals surface area contributed by atoms with Crippen LogP contribution in [0.1, 0.15) is 32.8 Å². The molecule has 1 rings (SSSR count). The van der Waals surface area contributed by atoms with Crippen molar-refractivity contribution in [3.8, 4) is 5.75 Å². The minimum Gasteiger partial charge on any atom is -0.497 e. The van der Waals surface area contributed by atoms with Crippen LogP contribution in [-0.2, 0) is 11.2 Å². The minimum atomic E-state index is -0.381. The molecular weight excluding hydrogens is 240 g/mol. The molecule has 0 aliphatic heterocycles. The van der Waals surface area contributed by atoms with Crippen LogP contribution >= 0.6 is 0 Å². The van der Waals surface area contributed by atoms with Crippen molar-refractivity contribution in [1.29, 1.82) is 0 Å². The molecule has 1 unspecified atom stereocenters. The van der Waals surface area contributed by atoms with E-state index in [1.165, 1.54) is 5.56 Å². The lowest BCUT2D eigenvalue weighted by atomic mass is 9.90. The average molecular weight is 266 g/mol. The molecule has 0 bridgehead atoms. The molecule has 0 fully saturated rings. The van der Waals surface area contributed by atoms with Crippen LogP contribution in [0.2, 0.25) is 0 Å². The van der Waals surface area contributed by atoms with Gasteiger partial charge in [-0.1, -0.05) is 19.1 Å². The number of ether oxygens (including phenoxy) is 2. The summed E-state index contributed by atoms with van der Waals surface area (Å²) in [5.41, 5.74) is 1.19. The fourth-order valence-electron chi connectivity index (χ4n) is 2.19. The van der Waals surface area contributed by atoms with Gasteiger partial charge in [-0.3, -0.25) is 0 Å². The topological polar surface area (TPSA) is 38.7 Å². The number of aliphatic hydroxyl groups excluding tert-OH is 1. The summed E-state index contributed by atoms with van der Waals surface area (Å²) in [6.45, 7) is 6.71. The van der Waals surface area contributed by atoms with Crippen LogP contribution in [-0.4, -0.2) is 31.0 Å². The minimum absolute atomic E-state index is 0.0575. The van der Waals surface area contributed by atoms with E-state index in [-0.39, 0.29) is 18.1 Å². The molecule has 0 aliphatic rings. The molecule has 0 saturated carbocycles. The number of hydrogen-bond acceptors (Lipinski definition) is 3. The second-order valence-electron chi connectivity index (χ2n) is 5.03. The van der Waals surface area contributed by atoms with Crippen molar-refractivity contribution in [3.05, 3.63) is 29.8 Å². The lowest BCUT2D eigenvalue weighted by molar-refractivity contribution is -0.0209. The van der Waals surface area contributed by atoms with Gasteiger partial charge in [0.1, 0.15) is 5.75 Å². The predicted molar refractivity (Wildman–Crippen MR) is 77.6 cm³/mol. The maximum Gasteiger partial charge on any atom is 0.118 e. The Morgan fingerprint density at radius 1 is 1.16 bits per heavy atom. The van der Waals surface area contributed by atoms with Crippen LogP contribution in [0.5, 0.6) is 5.75 Å². The van der Waals surface area contributed by atoms with Crippen LogP contribution in [0.15, 0.2) is 24.3 Å². The molecule has 1 aromatic carbocycles. The summed E-state index contributed by atoms with van der Waals surface area (Å²) >= 11 is 0. The van der Waals surface area contributed by atoms with Crippen LogP contribution in [0.3, 0.4) is 0 Å². The number of hydrogen-bond donors (Lipinski definition) is 1. The first kappa shape index (κ1) is 16.0. The summed E-state index contributed by atoms with van der Waals surface area (Å²) in [6, 6.07) is 7.99. The third-order valence-electron chi connectivity index (χ3n) is 3.44. The molecular formula is C16H26O3. The third kappa shape index (κ3) is 5.21. The standard InChI is InChI=1S/C16H26O3/c1-5-10-19-13(3)16(12(2)17)11-14-6-8-15(18-4)9-7-14/h6-9,12-13,16-17H,5,10-11H2,1-4H3/t12-,13?,16-/m0/s1. The van der Waals surface area contributed by atoms with E-state index >= 15 is 0 Å². The highest BCUT2D eigenvalue weighted by Crippen LogP contribution is 2.21. The summed E-state index contributed by atoms with van der Waals surface area (Å²) < 4.78 is 10.9. The first-order valence-electron chi connectivity index (χ1n) is 7.01. The number of rotatable bonds is 8. The lowest BCUT2D eigenvalue weighted by Crippen LogP contribution is -2.32.